The number of hydrogen-bond donors (Lipinski definition) is 2. The van der Waals surface area contributed by atoms with Crippen molar-refractivity contribution in [1.29, 1.82) is 0 Å². The summed E-state index contributed by atoms with van der Waals surface area (Å²) in [6, 6.07) is 15.0. The van der Waals surface area contributed by atoms with E-state index in [1.54, 1.807) is 13.2 Å². The maximum absolute atomic E-state index is 12.7. The third-order valence-electron chi connectivity index (χ3n) is 3.92. The number of aromatic nitrogens is 2. The molecular weight excluding hydrogens is 340 g/mol. The van der Waals surface area contributed by atoms with E-state index in [0.29, 0.717) is 23.1 Å². The molecule has 6 nitrogen and oxygen atoms in total. The predicted octanol–water partition coefficient (Wildman–Crippen LogP) is 4.41. The molecule has 3 aromatic rings. The molecule has 0 aliphatic heterocycles. The number of hydrogen-bond acceptors (Lipinski definition) is 5. The first-order valence-electron chi connectivity index (χ1n) is 8.60. The number of benzene rings is 2. The molecule has 0 saturated carbocycles. The van der Waals surface area contributed by atoms with Gasteiger partial charge in [-0.3, -0.25) is 4.79 Å². The summed E-state index contributed by atoms with van der Waals surface area (Å²) >= 11 is 0. The molecule has 0 bridgehead atoms. The quantitative estimate of drug-likeness (QED) is 0.703. The minimum Gasteiger partial charge on any atom is -0.495 e. The number of aryl methyl sites for hydroxylation is 3. The number of nitrogens with zero attached hydrogens (tertiary/aromatic N) is 2. The number of carbonyl (C=O) groups is 1. The molecule has 0 aliphatic carbocycles. The van der Waals surface area contributed by atoms with Gasteiger partial charge in [-0.1, -0.05) is 18.2 Å². The number of carbonyl (C=O) groups excluding carboxylic acids is 1. The number of para-hydroxylation sites is 2. The third-order valence-corrected chi connectivity index (χ3v) is 3.92. The Morgan fingerprint density at radius 1 is 0.963 bits per heavy atom. The SMILES string of the molecule is COc1ccccc1Nc1nc(C)cc(C(=O)Nc2cc(C)cc(C)c2)n1. The van der Waals surface area contributed by atoms with Gasteiger partial charge in [0, 0.05) is 11.4 Å². The van der Waals surface area contributed by atoms with Crippen LogP contribution in [-0.2, 0) is 0 Å². The molecule has 1 aromatic heterocycles. The Morgan fingerprint density at radius 2 is 1.67 bits per heavy atom. The van der Waals surface area contributed by atoms with Crippen LogP contribution in [0, 0.1) is 20.8 Å². The fraction of sp³-hybridized carbons (Fsp3) is 0.190. The fourth-order valence-corrected chi connectivity index (χ4v) is 2.85. The van der Waals surface area contributed by atoms with Gasteiger partial charge in [0.1, 0.15) is 11.4 Å². The Hall–Kier alpha value is -3.41. The zero-order valence-electron chi connectivity index (χ0n) is 15.8. The van der Waals surface area contributed by atoms with Crippen LogP contribution >= 0.6 is 0 Å². The number of nitrogens with one attached hydrogen (secondary N) is 2. The standard InChI is InChI=1S/C21H22N4O2/c1-13-9-14(2)11-16(10-13)23-20(26)18-12-15(3)22-21(25-18)24-17-7-5-6-8-19(17)27-4/h5-12H,1-4H3,(H,23,26)(H,22,24,25). The van der Waals surface area contributed by atoms with E-state index in [0.717, 1.165) is 22.5 Å². The largest absolute Gasteiger partial charge is 0.495 e. The van der Waals surface area contributed by atoms with Crippen LogP contribution in [-0.4, -0.2) is 23.0 Å². The van der Waals surface area contributed by atoms with Crippen LogP contribution < -0.4 is 15.4 Å². The molecule has 0 radical (unpaired) electrons. The Labute approximate surface area is 158 Å². The summed E-state index contributed by atoms with van der Waals surface area (Å²) in [5, 5.41) is 6.01. The number of methoxy groups -OCH3 is 1. The molecule has 138 valence electrons. The van der Waals surface area contributed by atoms with Crippen molar-refractivity contribution in [1.82, 2.24) is 9.97 Å². The number of rotatable bonds is 5. The zero-order chi connectivity index (χ0) is 19.4. The van der Waals surface area contributed by atoms with Gasteiger partial charge < -0.3 is 15.4 Å². The Morgan fingerprint density at radius 3 is 2.37 bits per heavy atom. The molecule has 27 heavy (non-hydrogen) atoms. The van der Waals surface area contributed by atoms with Crippen LogP contribution in [0.2, 0.25) is 0 Å². The van der Waals surface area contributed by atoms with Gasteiger partial charge in [0.15, 0.2) is 0 Å². The summed E-state index contributed by atoms with van der Waals surface area (Å²) in [6.45, 7) is 5.81. The van der Waals surface area contributed by atoms with E-state index in [4.69, 9.17) is 4.74 Å². The van der Waals surface area contributed by atoms with Crippen molar-refractivity contribution in [2.45, 2.75) is 20.8 Å². The fourth-order valence-electron chi connectivity index (χ4n) is 2.85. The summed E-state index contributed by atoms with van der Waals surface area (Å²) in [6.07, 6.45) is 0. The summed E-state index contributed by atoms with van der Waals surface area (Å²) in [5.41, 5.74) is 4.62. The first-order chi connectivity index (χ1) is 12.9. The van der Waals surface area contributed by atoms with Crippen LogP contribution in [0.4, 0.5) is 17.3 Å². The molecule has 6 heteroatoms. The molecule has 2 N–H and O–H groups in total. The predicted molar refractivity (Wildman–Crippen MR) is 107 cm³/mol. The van der Waals surface area contributed by atoms with Crippen LogP contribution in [0.1, 0.15) is 27.3 Å². The molecule has 2 aromatic carbocycles. The summed E-state index contributed by atoms with van der Waals surface area (Å²) in [5.74, 6) is 0.725. The average molecular weight is 362 g/mol. The molecule has 0 saturated heterocycles. The summed E-state index contributed by atoms with van der Waals surface area (Å²) in [4.78, 5) is 21.4. The van der Waals surface area contributed by atoms with Gasteiger partial charge in [-0.25, -0.2) is 9.97 Å². The molecule has 1 amide bonds. The van der Waals surface area contributed by atoms with Gasteiger partial charge in [0.05, 0.1) is 12.8 Å². The van der Waals surface area contributed by atoms with E-state index in [1.807, 2.05) is 57.2 Å². The number of amides is 1. The molecule has 3 rings (SSSR count). The maximum Gasteiger partial charge on any atom is 0.274 e. The summed E-state index contributed by atoms with van der Waals surface area (Å²) < 4.78 is 5.33. The third kappa shape index (κ3) is 4.61. The van der Waals surface area contributed by atoms with Crippen molar-refractivity contribution in [3.63, 3.8) is 0 Å². The van der Waals surface area contributed by atoms with Crippen LogP contribution in [0.3, 0.4) is 0 Å². The van der Waals surface area contributed by atoms with Crippen LogP contribution in [0.5, 0.6) is 5.75 Å². The van der Waals surface area contributed by atoms with Crippen molar-refractivity contribution in [2.75, 3.05) is 17.7 Å². The minimum absolute atomic E-state index is 0.284. The Balaban J connectivity index is 1.85. The van der Waals surface area contributed by atoms with Crippen LogP contribution in [0.15, 0.2) is 48.5 Å². The summed E-state index contributed by atoms with van der Waals surface area (Å²) in [7, 11) is 1.60. The first kappa shape index (κ1) is 18.4. The molecule has 0 aliphatic rings. The van der Waals surface area contributed by atoms with Crippen LogP contribution in [0.25, 0.3) is 0 Å². The lowest BCUT2D eigenvalue weighted by Gasteiger charge is -2.12. The maximum atomic E-state index is 12.7. The van der Waals surface area contributed by atoms with Gasteiger partial charge in [0.2, 0.25) is 5.95 Å². The average Bonchev–Trinajstić information content (AvgIpc) is 2.60. The molecule has 0 atom stereocenters. The van der Waals surface area contributed by atoms with Gasteiger partial charge >= 0.3 is 0 Å². The lowest BCUT2D eigenvalue weighted by atomic mass is 10.1. The Bertz CT molecular complexity index is 965. The molecule has 0 unspecified atom stereocenters. The second-order valence-electron chi connectivity index (χ2n) is 6.37. The number of ether oxygens (including phenoxy) is 1. The highest BCUT2D eigenvalue weighted by Gasteiger charge is 2.12. The van der Waals surface area contributed by atoms with E-state index < -0.39 is 0 Å². The highest BCUT2D eigenvalue weighted by molar-refractivity contribution is 6.03. The molecule has 0 fully saturated rings. The van der Waals surface area contributed by atoms with E-state index in [2.05, 4.69) is 26.7 Å². The first-order valence-corrected chi connectivity index (χ1v) is 8.60. The highest BCUT2D eigenvalue weighted by atomic mass is 16.5. The van der Waals surface area contributed by atoms with Crippen molar-refractivity contribution >= 4 is 23.2 Å². The molecule has 1 heterocycles. The van der Waals surface area contributed by atoms with Gasteiger partial charge in [-0.05, 0) is 62.2 Å². The lowest BCUT2D eigenvalue weighted by Crippen LogP contribution is -2.15. The van der Waals surface area contributed by atoms with E-state index >= 15 is 0 Å². The number of anilines is 3. The van der Waals surface area contributed by atoms with Crippen molar-refractivity contribution in [3.8, 4) is 5.75 Å². The Kier molecular flexibility index (Phi) is 5.35. The van der Waals surface area contributed by atoms with Gasteiger partial charge in [0.25, 0.3) is 5.91 Å². The molecule has 0 spiro atoms. The van der Waals surface area contributed by atoms with Gasteiger partial charge in [-0.2, -0.15) is 0 Å². The second-order valence-corrected chi connectivity index (χ2v) is 6.37. The lowest BCUT2D eigenvalue weighted by molar-refractivity contribution is 0.102. The van der Waals surface area contributed by atoms with Crippen molar-refractivity contribution < 1.29 is 9.53 Å². The monoisotopic (exact) mass is 362 g/mol. The van der Waals surface area contributed by atoms with E-state index in [-0.39, 0.29) is 5.91 Å². The van der Waals surface area contributed by atoms with E-state index in [9.17, 15) is 4.79 Å². The van der Waals surface area contributed by atoms with Crippen molar-refractivity contribution in [3.05, 3.63) is 71.0 Å². The molecular formula is C21H22N4O2. The van der Waals surface area contributed by atoms with Crippen molar-refractivity contribution in [2.24, 2.45) is 0 Å². The highest BCUT2D eigenvalue weighted by Crippen LogP contribution is 2.25. The minimum atomic E-state index is -0.284. The van der Waals surface area contributed by atoms with E-state index in [1.165, 1.54) is 0 Å². The topological polar surface area (TPSA) is 76.1 Å². The smallest absolute Gasteiger partial charge is 0.274 e. The zero-order valence-corrected chi connectivity index (χ0v) is 15.8. The second kappa shape index (κ2) is 7.86. The van der Waals surface area contributed by atoms with Gasteiger partial charge in [-0.15, -0.1) is 0 Å². The normalized spacial score (nSPS) is 10.4.